The highest BCUT2D eigenvalue weighted by atomic mass is 31.2. The Hall–Kier alpha value is -2.82. The monoisotopic (exact) mass is 1010 g/mol. The Kier molecular flexibility index (Phi) is 50.4. The van der Waals surface area contributed by atoms with Crippen LogP contribution in [0.1, 0.15) is 252 Å². The van der Waals surface area contributed by atoms with Crippen LogP contribution in [0.4, 0.5) is 0 Å². The van der Waals surface area contributed by atoms with E-state index in [-0.39, 0.29) is 25.9 Å². The van der Waals surface area contributed by atoms with Gasteiger partial charge < -0.3 is 24.2 Å². The first-order valence-corrected chi connectivity index (χ1v) is 29.7. The van der Waals surface area contributed by atoms with Gasteiger partial charge in [0, 0.05) is 19.3 Å². The van der Waals surface area contributed by atoms with Gasteiger partial charge in [-0.05, 0) is 96.3 Å². The first-order chi connectivity index (χ1) is 34.2. The number of allylic oxidation sites excluding steroid dienone is 10. The van der Waals surface area contributed by atoms with E-state index in [4.69, 9.17) is 23.3 Å². The number of carbonyl (C=O) groups excluding carboxylic acids is 3. The molecule has 0 aliphatic rings. The van der Waals surface area contributed by atoms with Gasteiger partial charge in [0.05, 0.1) is 19.8 Å². The molecule has 0 saturated heterocycles. The number of hydrogen-bond acceptors (Lipinski definition) is 10. The molecule has 0 heterocycles. The Bertz CT molecular complexity index is 1410. The van der Waals surface area contributed by atoms with Gasteiger partial charge in [0.2, 0.25) is 0 Å². The highest BCUT2D eigenvalue weighted by Crippen LogP contribution is 2.43. The van der Waals surface area contributed by atoms with Crippen molar-refractivity contribution >= 4 is 25.7 Å². The van der Waals surface area contributed by atoms with E-state index in [0.29, 0.717) is 19.3 Å². The summed E-state index contributed by atoms with van der Waals surface area (Å²) >= 11 is 0. The number of phosphoric ester groups is 1. The second-order valence-corrected chi connectivity index (χ2v) is 20.2. The summed E-state index contributed by atoms with van der Waals surface area (Å²) in [5.41, 5.74) is 0. The lowest BCUT2D eigenvalue weighted by molar-refractivity contribution is -0.161. The molecule has 70 heavy (non-hydrogen) atoms. The molecule has 11 nitrogen and oxygen atoms in total. The van der Waals surface area contributed by atoms with Gasteiger partial charge in [-0.15, -0.1) is 0 Å². The zero-order chi connectivity index (χ0) is 51.3. The molecule has 0 aliphatic heterocycles. The third kappa shape index (κ3) is 50.1. The molecule has 2 N–H and O–H groups in total. The van der Waals surface area contributed by atoms with Crippen molar-refractivity contribution in [2.75, 3.05) is 26.4 Å². The molecule has 3 unspecified atom stereocenters. The second-order valence-electron chi connectivity index (χ2n) is 18.7. The van der Waals surface area contributed by atoms with Gasteiger partial charge in [0.25, 0.3) is 0 Å². The van der Waals surface area contributed by atoms with Crippen LogP contribution < -0.4 is 0 Å². The molecule has 3 atom stereocenters. The van der Waals surface area contributed by atoms with Crippen molar-refractivity contribution in [2.24, 2.45) is 0 Å². The van der Waals surface area contributed by atoms with Crippen LogP contribution in [0.15, 0.2) is 60.8 Å². The standard InChI is InChI=1S/C58H103O11P/c1-4-7-10-13-16-19-22-24-26-27-29-30-33-35-38-41-44-47-56(60)65-51-55(69-58(62)49-46-43-40-37-34-31-28-25-23-20-17-14-11-8-5-2)53-67-70(63,64)66-52-54(50-59)68-57(61)48-45-42-39-36-32-21-18-15-12-9-6-3/h8,11,15,17-18,20,24-26,28,54-55,59H,4-7,9-10,12-14,16,19,21-23,27,29-53H2,1-3H3,(H,63,64)/b11-8-,18-15-,20-17-,26-24-,28-25-. The zero-order valence-electron chi connectivity index (χ0n) is 44.7. The second kappa shape index (κ2) is 52.5. The van der Waals surface area contributed by atoms with E-state index in [0.717, 1.165) is 116 Å². The molecule has 0 rings (SSSR count). The molecule has 0 amide bonds. The number of aliphatic hydroxyl groups is 1. The van der Waals surface area contributed by atoms with E-state index in [9.17, 15) is 28.9 Å². The molecule has 0 aromatic rings. The van der Waals surface area contributed by atoms with Crippen molar-refractivity contribution in [1.29, 1.82) is 0 Å². The smallest absolute Gasteiger partial charge is 0.462 e. The Balaban J connectivity index is 4.75. The third-order valence-electron chi connectivity index (χ3n) is 11.9. The number of unbranched alkanes of at least 4 members (excludes halogenated alkanes) is 25. The maximum atomic E-state index is 12.9. The van der Waals surface area contributed by atoms with Gasteiger partial charge in [-0.3, -0.25) is 23.4 Å². The largest absolute Gasteiger partial charge is 0.472 e. The van der Waals surface area contributed by atoms with Crippen molar-refractivity contribution in [3.8, 4) is 0 Å². The fourth-order valence-electron chi connectivity index (χ4n) is 7.58. The molecular weight excluding hydrogens is 904 g/mol. The molecule has 0 spiro atoms. The highest BCUT2D eigenvalue weighted by molar-refractivity contribution is 7.47. The van der Waals surface area contributed by atoms with Gasteiger partial charge in [0.1, 0.15) is 12.7 Å². The zero-order valence-corrected chi connectivity index (χ0v) is 45.6. The van der Waals surface area contributed by atoms with Gasteiger partial charge >= 0.3 is 25.7 Å². The Labute approximate surface area is 427 Å². The van der Waals surface area contributed by atoms with Crippen molar-refractivity contribution in [1.82, 2.24) is 0 Å². The average molecular weight is 1010 g/mol. The van der Waals surface area contributed by atoms with Crippen LogP contribution in [0.2, 0.25) is 0 Å². The summed E-state index contributed by atoms with van der Waals surface area (Å²) in [5, 5.41) is 9.78. The van der Waals surface area contributed by atoms with E-state index >= 15 is 0 Å². The molecule has 0 aliphatic carbocycles. The average Bonchev–Trinajstić information content (AvgIpc) is 3.35. The summed E-state index contributed by atoms with van der Waals surface area (Å²) in [6, 6.07) is 0. The van der Waals surface area contributed by atoms with Crippen molar-refractivity contribution < 1.29 is 52.2 Å². The predicted molar refractivity (Wildman–Crippen MR) is 288 cm³/mol. The molecule has 0 radical (unpaired) electrons. The molecule has 0 aromatic heterocycles. The van der Waals surface area contributed by atoms with E-state index in [2.05, 4.69) is 81.5 Å². The lowest BCUT2D eigenvalue weighted by Crippen LogP contribution is -2.30. The Morgan fingerprint density at radius 2 is 0.757 bits per heavy atom. The summed E-state index contributed by atoms with van der Waals surface area (Å²) in [6.07, 6.45) is 56.1. The summed E-state index contributed by atoms with van der Waals surface area (Å²) in [7, 11) is -4.75. The van der Waals surface area contributed by atoms with Gasteiger partial charge in [0.15, 0.2) is 6.10 Å². The topological polar surface area (TPSA) is 155 Å². The van der Waals surface area contributed by atoms with Crippen molar-refractivity contribution in [2.45, 2.75) is 264 Å². The number of phosphoric acid groups is 1. The fraction of sp³-hybridized carbons (Fsp3) is 0.776. The number of esters is 3. The van der Waals surface area contributed by atoms with E-state index in [1.165, 1.54) is 77.0 Å². The molecule has 0 bridgehead atoms. The lowest BCUT2D eigenvalue weighted by Gasteiger charge is -2.21. The van der Waals surface area contributed by atoms with Crippen molar-refractivity contribution in [3.05, 3.63) is 60.8 Å². The molecule has 0 aromatic carbocycles. The van der Waals surface area contributed by atoms with Crippen LogP contribution in [-0.2, 0) is 42.2 Å². The molecule has 0 fully saturated rings. The van der Waals surface area contributed by atoms with Gasteiger partial charge in [-0.25, -0.2) is 4.57 Å². The first kappa shape index (κ1) is 67.2. The highest BCUT2D eigenvalue weighted by Gasteiger charge is 2.28. The quantitative estimate of drug-likeness (QED) is 0.0197. The lowest BCUT2D eigenvalue weighted by atomic mass is 10.1. The first-order valence-electron chi connectivity index (χ1n) is 28.2. The van der Waals surface area contributed by atoms with E-state index < -0.39 is 57.8 Å². The number of hydrogen-bond donors (Lipinski definition) is 2. The summed E-state index contributed by atoms with van der Waals surface area (Å²) < 4.78 is 39.4. The maximum Gasteiger partial charge on any atom is 0.472 e. The minimum Gasteiger partial charge on any atom is -0.462 e. The Morgan fingerprint density at radius 1 is 0.414 bits per heavy atom. The van der Waals surface area contributed by atoms with E-state index in [1.54, 1.807) is 0 Å². The number of ether oxygens (including phenoxy) is 3. The summed E-state index contributed by atoms with van der Waals surface area (Å²) in [4.78, 5) is 48.4. The van der Waals surface area contributed by atoms with Crippen LogP contribution >= 0.6 is 7.82 Å². The number of aliphatic hydroxyl groups excluding tert-OH is 1. The SMILES string of the molecule is CC/C=C\C/C=C\C/C=C\CCCCCCCC(=O)OC(COC(=O)CCCCCCCCC/C=C\CCCCCCCC)COP(=O)(O)OCC(CO)OC(=O)CCCCCCC/C=C\CCCC. The minimum atomic E-state index is -4.75. The maximum absolute atomic E-state index is 12.9. The summed E-state index contributed by atoms with van der Waals surface area (Å²) in [6.45, 7) is 4.46. The van der Waals surface area contributed by atoms with Crippen LogP contribution in [0.5, 0.6) is 0 Å². The van der Waals surface area contributed by atoms with Crippen LogP contribution in [-0.4, -0.2) is 66.5 Å². The molecule has 0 saturated carbocycles. The molecule has 406 valence electrons. The van der Waals surface area contributed by atoms with Crippen molar-refractivity contribution in [3.63, 3.8) is 0 Å². The minimum absolute atomic E-state index is 0.147. The molecular formula is C58H103O11P. The number of carbonyl (C=O) groups is 3. The van der Waals surface area contributed by atoms with Crippen LogP contribution in [0, 0.1) is 0 Å². The normalized spacial score (nSPS) is 13.8. The van der Waals surface area contributed by atoms with E-state index in [1.807, 2.05) is 0 Å². The fourth-order valence-corrected chi connectivity index (χ4v) is 8.37. The predicted octanol–water partition coefficient (Wildman–Crippen LogP) is 16.4. The number of rotatable bonds is 52. The van der Waals surface area contributed by atoms with Gasteiger partial charge in [-0.1, -0.05) is 197 Å². The summed E-state index contributed by atoms with van der Waals surface area (Å²) in [5.74, 6) is -1.49. The molecule has 12 heteroatoms. The van der Waals surface area contributed by atoms with Crippen LogP contribution in [0.3, 0.4) is 0 Å². The third-order valence-corrected chi connectivity index (χ3v) is 12.8. The van der Waals surface area contributed by atoms with Gasteiger partial charge in [-0.2, -0.15) is 0 Å². The Morgan fingerprint density at radius 3 is 1.20 bits per heavy atom. The van der Waals surface area contributed by atoms with Crippen LogP contribution in [0.25, 0.3) is 0 Å².